The summed E-state index contributed by atoms with van der Waals surface area (Å²) in [5.41, 5.74) is 11.5. The summed E-state index contributed by atoms with van der Waals surface area (Å²) < 4.78 is 6.37. The first-order valence-corrected chi connectivity index (χ1v) is 19.7. The molecule has 11 aromatic carbocycles. The molecule has 0 atom stereocenters. The molecule has 0 bridgehead atoms. The highest BCUT2D eigenvalue weighted by molar-refractivity contribution is 6.26. The summed E-state index contributed by atoms with van der Waals surface area (Å²) in [6.45, 7) is 0. The minimum atomic E-state index is 0.910. The smallest absolute Gasteiger partial charge is 0.136 e. The van der Waals surface area contributed by atoms with Gasteiger partial charge in [0.2, 0.25) is 0 Å². The van der Waals surface area contributed by atoms with Gasteiger partial charge in [0, 0.05) is 10.8 Å². The fourth-order valence-electron chi connectivity index (χ4n) is 9.51. The SMILES string of the molecule is c1ccc(-c2ccc3c4ccccc4c4ccccc4c3c2)c(-c2ccc(-c3c4ccccc4c(-c4ccc5c(c4)oc4ccccc45)c4ccccc34)cc2)c1. The summed E-state index contributed by atoms with van der Waals surface area (Å²) in [7, 11) is 0. The molecule has 0 aliphatic rings. The number of rotatable bonds is 4. The molecule has 0 aliphatic heterocycles. The maximum absolute atomic E-state index is 6.37. The fraction of sp³-hybridized carbons (Fsp3) is 0. The second kappa shape index (κ2) is 12.5. The molecule has 0 saturated heterocycles. The van der Waals surface area contributed by atoms with Gasteiger partial charge in [-0.15, -0.1) is 0 Å². The van der Waals surface area contributed by atoms with Crippen molar-refractivity contribution in [2.24, 2.45) is 0 Å². The van der Waals surface area contributed by atoms with Gasteiger partial charge in [0.05, 0.1) is 0 Å². The normalized spacial score (nSPS) is 11.9. The lowest BCUT2D eigenvalue weighted by molar-refractivity contribution is 0.669. The summed E-state index contributed by atoms with van der Waals surface area (Å²) in [6, 6.07) is 75.3. The van der Waals surface area contributed by atoms with Crippen LogP contribution in [0.5, 0.6) is 0 Å². The van der Waals surface area contributed by atoms with Gasteiger partial charge in [-0.3, -0.25) is 0 Å². The first-order chi connectivity index (χ1) is 28.3. The van der Waals surface area contributed by atoms with Crippen molar-refractivity contribution in [2.75, 3.05) is 0 Å². The van der Waals surface area contributed by atoms with Crippen LogP contribution < -0.4 is 0 Å². The van der Waals surface area contributed by atoms with Gasteiger partial charge >= 0.3 is 0 Å². The Hall–Kier alpha value is -7.48. The van der Waals surface area contributed by atoms with E-state index in [4.69, 9.17) is 4.42 Å². The lowest BCUT2D eigenvalue weighted by Crippen LogP contribution is -1.91. The maximum atomic E-state index is 6.37. The zero-order chi connectivity index (χ0) is 37.5. The van der Waals surface area contributed by atoms with Gasteiger partial charge in [-0.1, -0.05) is 182 Å². The molecule has 57 heavy (non-hydrogen) atoms. The second-order valence-corrected chi connectivity index (χ2v) is 15.1. The Bertz CT molecular complexity index is 3480. The van der Waals surface area contributed by atoms with Crippen LogP contribution in [0.3, 0.4) is 0 Å². The Morgan fingerprint density at radius 2 is 0.579 bits per heavy atom. The van der Waals surface area contributed by atoms with Gasteiger partial charge in [0.1, 0.15) is 11.2 Å². The second-order valence-electron chi connectivity index (χ2n) is 15.1. The molecular formula is C56H34O. The Balaban J connectivity index is 0.995. The highest BCUT2D eigenvalue weighted by atomic mass is 16.3. The van der Waals surface area contributed by atoms with Crippen molar-refractivity contribution in [1.29, 1.82) is 0 Å². The lowest BCUT2D eigenvalue weighted by atomic mass is 9.85. The molecule has 0 unspecified atom stereocenters. The van der Waals surface area contributed by atoms with Gasteiger partial charge < -0.3 is 4.42 Å². The van der Waals surface area contributed by atoms with Crippen molar-refractivity contribution in [3.8, 4) is 44.5 Å². The van der Waals surface area contributed by atoms with E-state index in [1.807, 2.05) is 12.1 Å². The van der Waals surface area contributed by atoms with E-state index in [0.717, 1.165) is 27.5 Å². The number of fused-ring (bicyclic) bond motifs is 11. The zero-order valence-corrected chi connectivity index (χ0v) is 31.0. The van der Waals surface area contributed by atoms with Crippen LogP contribution in [0.15, 0.2) is 211 Å². The van der Waals surface area contributed by atoms with E-state index in [-0.39, 0.29) is 0 Å². The Labute approximate surface area is 329 Å². The molecule has 0 fully saturated rings. The summed E-state index contributed by atoms with van der Waals surface area (Å²) >= 11 is 0. The number of hydrogen-bond donors (Lipinski definition) is 0. The third kappa shape index (κ3) is 4.89. The molecule has 1 heteroatoms. The van der Waals surface area contributed by atoms with Crippen LogP contribution in [0.2, 0.25) is 0 Å². The minimum Gasteiger partial charge on any atom is -0.456 e. The monoisotopic (exact) mass is 722 g/mol. The van der Waals surface area contributed by atoms with Crippen LogP contribution in [-0.2, 0) is 0 Å². The van der Waals surface area contributed by atoms with Crippen molar-refractivity contribution >= 4 is 75.8 Å². The summed E-state index contributed by atoms with van der Waals surface area (Å²) in [5.74, 6) is 0. The van der Waals surface area contributed by atoms with E-state index < -0.39 is 0 Å². The predicted octanol–water partition coefficient (Wildman–Crippen LogP) is 16.0. The molecule has 0 aliphatic carbocycles. The van der Waals surface area contributed by atoms with Crippen LogP contribution in [0, 0.1) is 0 Å². The van der Waals surface area contributed by atoms with Gasteiger partial charge in [-0.25, -0.2) is 0 Å². The van der Waals surface area contributed by atoms with Crippen molar-refractivity contribution < 1.29 is 4.42 Å². The molecule has 0 N–H and O–H groups in total. The summed E-state index contributed by atoms with van der Waals surface area (Å²) in [5, 5.41) is 15.0. The van der Waals surface area contributed by atoms with E-state index in [1.165, 1.54) is 92.8 Å². The Kier molecular flexibility index (Phi) is 7.00. The Morgan fingerprint density at radius 3 is 1.18 bits per heavy atom. The first-order valence-electron chi connectivity index (χ1n) is 19.7. The average Bonchev–Trinajstić information content (AvgIpc) is 3.66. The first kappa shape index (κ1) is 31.8. The Morgan fingerprint density at radius 1 is 0.211 bits per heavy atom. The molecule has 12 aromatic rings. The molecule has 0 radical (unpaired) electrons. The predicted molar refractivity (Wildman–Crippen MR) is 243 cm³/mol. The van der Waals surface area contributed by atoms with Gasteiger partial charge in [-0.05, 0) is 123 Å². The highest BCUT2D eigenvalue weighted by Crippen LogP contribution is 2.46. The van der Waals surface area contributed by atoms with Crippen LogP contribution in [0.1, 0.15) is 0 Å². The van der Waals surface area contributed by atoms with Crippen LogP contribution in [0.25, 0.3) is 120 Å². The van der Waals surface area contributed by atoms with Crippen molar-refractivity contribution in [3.05, 3.63) is 206 Å². The molecule has 264 valence electrons. The highest BCUT2D eigenvalue weighted by Gasteiger charge is 2.19. The molecular weight excluding hydrogens is 689 g/mol. The number of furan rings is 1. The number of benzene rings is 11. The number of hydrogen-bond acceptors (Lipinski definition) is 1. The summed E-state index contributed by atoms with van der Waals surface area (Å²) in [4.78, 5) is 0. The van der Waals surface area contributed by atoms with Gasteiger partial charge in [0.15, 0.2) is 0 Å². The molecule has 1 heterocycles. The quantitative estimate of drug-likeness (QED) is 0.130. The van der Waals surface area contributed by atoms with Gasteiger partial charge in [-0.2, -0.15) is 0 Å². The zero-order valence-electron chi connectivity index (χ0n) is 31.0. The van der Waals surface area contributed by atoms with Crippen molar-refractivity contribution in [3.63, 3.8) is 0 Å². The summed E-state index contributed by atoms with van der Waals surface area (Å²) in [6.07, 6.45) is 0. The topological polar surface area (TPSA) is 13.1 Å². The van der Waals surface area contributed by atoms with Gasteiger partial charge in [0.25, 0.3) is 0 Å². The molecule has 1 aromatic heterocycles. The molecule has 12 rings (SSSR count). The maximum Gasteiger partial charge on any atom is 0.136 e. The third-order valence-electron chi connectivity index (χ3n) is 12.1. The van der Waals surface area contributed by atoms with Crippen molar-refractivity contribution in [2.45, 2.75) is 0 Å². The number of para-hydroxylation sites is 1. The van der Waals surface area contributed by atoms with E-state index in [9.17, 15) is 0 Å². The average molecular weight is 723 g/mol. The molecule has 0 amide bonds. The van der Waals surface area contributed by atoms with E-state index >= 15 is 0 Å². The largest absolute Gasteiger partial charge is 0.456 e. The lowest BCUT2D eigenvalue weighted by Gasteiger charge is -2.18. The minimum absolute atomic E-state index is 0.910. The fourth-order valence-corrected chi connectivity index (χ4v) is 9.51. The van der Waals surface area contributed by atoms with Crippen LogP contribution >= 0.6 is 0 Å². The van der Waals surface area contributed by atoms with Crippen LogP contribution in [-0.4, -0.2) is 0 Å². The van der Waals surface area contributed by atoms with E-state index in [0.29, 0.717) is 0 Å². The molecule has 0 spiro atoms. The van der Waals surface area contributed by atoms with Crippen molar-refractivity contribution in [1.82, 2.24) is 0 Å². The standard InChI is InChI=1S/C56H34O/c1-2-14-40(37-29-31-45-43-17-4-3-15-41(43)42-16-5-6-18-44(42)52(45)33-37)39(13-1)35-25-27-36(28-26-35)55-48-20-7-9-22-50(48)56(51-23-10-8-21-49(51)55)38-30-32-47-46-19-11-12-24-53(46)57-54(47)34-38/h1-34H. The van der Waals surface area contributed by atoms with Crippen LogP contribution in [0.4, 0.5) is 0 Å². The van der Waals surface area contributed by atoms with E-state index in [1.54, 1.807) is 0 Å². The van der Waals surface area contributed by atoms with E-state index in [2.05, 4.69) is 194 Å². The third-order valence-corrected chi connectivity index (χ3v) is 12.1. The molecule has 0 saturated carbocycles. The molecule has 1 nitrogen and oxygen atoms in total.